The summed E-state index contributed by atoms with van der Waals surface area (Å²) in [5.41, 5.74) is 0. The predicted octanol–water partition coefficient (Wildman–Crippen LogP) is 2.32. The minimum Gasteiger partial charge on any atom is -0.342 e. The predicted molar refractivity (Wildman–Crippen MR) is 85.5 cm³/mol. The summed E-state index contributed by atoms with van der Waals surface area (Å²) in [6.45, 7) is 5.19. The molecule has 3 amide bonds. The van der Waals surface area contributed by atoms with E-state index < -0.39 is 0 Å². The van der Waals surface area contributed by atoms with Gasteiger partial charge in [-0.25, -0.2) is 4.79 Å². The number of nitrogens with zero attached hydrogens (tertiary/aromatic N) is 3. The average Bonchev–Trinajstić information content (AvgIpc) is 2.96. The van der Waals surface area contributed by atoms with Crippen molar-refractivity contribution in [2.75, 3.05) is 39.3 Å². The van der Waals surface area contributed by atoms with Crippen LogP contribution in [0.5, 0.6) is 0 Å². The maximum absolute atomic E-state index is 12.7. The Hall–Kier alpha value is -1.26. The van der Waals surface area contributed by atoms with E-state index >= 15 is 0 Å². The molecular weight excluding hydrogens is 278 g/mol. The zero-order chi connectivity index (χ0) is 15.4. The van der Waals surface area contributed by atoms with Crippen LogP contribution in [-0.4, -0.2) is 65.9 Å². The highest BCUT2D eigenvalue weighted by molar-refractivity contribution is 5.80. The lowest BCUT2D eigenvalue weighted by Crippen LogP contribution is -2.48. The van der Waals surface area contributed by atoms with Crippen LogP contribution in [0.1, 0.15) is 51.4 Å². The van der Waals surface area contributed by atoms with Gasteiger partial charge in [-0.15, -0.1) is 0 Å². The van der Waals surface area contributed by atoms with Crippen molar-refractivity contribution >= 4 is 11.9 Å². The molecule has 0 unspecified atom stereocenters. The molecule has 0 radical (unpaired) electrons. The standard InChI is InChI=1S/C17H29N3O2/c21-16(18-9-3-1-2-4-10-18)15-7-13-20(14-8-15)17(22)19-11-5-6-12-19/h15H,1-14H2. The van der Waals surface area contributed by atoms with Gasteiger partial charge in [0.15, 0.2) is 0 Å². The third-order valence-electron chi connectivity index (χ3n) is 5.41. The molecule has 0 aliphatic carbocycles. The fourth-order valence-corrected chi connectivity index (χ4v) is 3.98. The number of carbonyl (C=O) groups is 2. The van der Waals surface area contributed by atoms with Gasteiger partial charge in [0.2, 0.25) is 5.91 Å². The monoisotopic (exact) mass is 307 g/mol. The highest BCUT2D eigenvalue weighted by Gasteiger charge is 2.32. The Labute approximate surface area is 133 Å². The van der Waals surface area contributed by atoms with Crippen LogP contribution in [0, 0.1) is 5.92 Å². The van der Waals surface area contributed by atoms with Crippen LogP contribution in [0.3, 0.4) is 0 Å². The first-order valence-corrected chi connectivity index (χ1v) is 9.08. The zero-order valence-corrected chi connectivity index (χ0v) is 13.6. The highest BCUT2D eigenvalue weighted by atomic mass is 16.2. The molecule has 124 valence electrons. The average molecular weight is 307 g/mol. The van der Waals surface area contributed by atoms with E-state index in [0.717, 1.165) is 77.8 Å². The Bertz CT molecular complexity index is 391. The molecule has 3 aliphatic rings. The molecule has 0 saturated carbocycles. The number of hydrogen-bond acceptors (Lipinski definition) is 2. The van der Waals surface area contributed by atoms with Crippen molar-refractivity contribution in [3.8, 4) is 0 Å². The van der Waals surface area contributed by atoms with Crippen molar-refractivity contribution in [2.45, 2.75) is 51.4 Å². The lowest BCUT2D eigenvalue weighted by molar-refractivity contribution is -0.136. The van der Waals surface area contributed by atoms with Gasteiger partial charge in [-0.05, 0) is 38.5 Å². The van der Waals surface area contributed by atoms with E-state index in [1.807, 2.05) is 9.80 Å². The van der Waals surface area contributed by atoms with Crippen LogP contribution in [0.15, 0.2) is 0 Å². The van der Waals surface area contributed by atoms with Gasteiger partial charge in [0.1, 0.15) is 0 Å². The van der Waals surface area contributed by atoms with Crippen molar-refractivity contribution in [3.05, 3.63) is 0 Å². The van der Waals surface area contributed by atoms with E-state index in [0.29, 0.717) is 5.91 Å². The fourth-order valence-electron chi connectivity index (χ4n) is 3.98. The van der Waals surface area contributed by atoms with E-state index in [-0.39, 0.29) is 11.9 Å². The van der Waals surface area contributed by atoms with Crippen LogP contribution in [0.25, 0.3) is 0 Å². The van der Waals surface area contributed by atoms with Gasteiger partial charge >= 0.3 is 6.03 Å². The number of amides is 3. The maximum atomic E-state index is 12.7. The molecule has 3 rings (SSSR count). The summed E-state index contributed by atoms with van der Waals surface area (Å²) >= 11 is 0. The van der Waals surface area contributed by atoms with Crippen molar-refractivity contribution in [1.29, 1.82) is 0 Å². The quantitative estimate of drug-likeness (QED) is 0.746. The lowest BCUT2D eigenvalue weighted by atomic mass is 9.95. The third kappa shape index (κ3) is 3.55. The number of urea groups is 1. The van der Waals surface area contributed by atoms with E-state index in [2.05, 4.69) is 4.90 Å². The van der Waals surface area contributed by atoms with Crippen LogP contribution in [0.4, 0.5) is 4.79 Å². The Morgan fingerprint density at radius 1 is 0.591 bits per heavy atom. The summed E-state index contributed by atoms with van der Waals surface area (Å²) < 4.78 is 0. The number of likely N-dealkylation sites (tertiary alicyclic amines) is 3. The Balaban J connectivity index is 1.48. The molecule has 5 heteroatoms. The van der Waals surface area contributed by atoms with Crippen LogP contribution >= 0.6 is 0 Å². The molecule has 0 aromatic heterocycles. The summed E-state index contributed by atoms with van der Waals surface area (Å²) in [5.74, 6) is 0.482. The normalized spacial score (nSPS) is 24.5. The molecule has 3 fully saturated rings. The molecule has 0 bridgehead atoms. The van der Waals surface area contributed by atoms with Crippen molar-refractivity contribution in [3.63, 3.8) is 0 Å². The molecule has 22 heavy (non-hydrogen) atoms. The molecule has 3 heterocycles. The molecule has 0 N–H and O–H groups in total. The second-order valence-corrected chi connectivity index (χ2v) is 6.98. The van der Waals surface area contributed by atoms with Crippen LogP contribution in [-0.2, 0) is 4.79 Å². The van der Waals surface area contributed by atoms with Gasteiger partial charge in [-0.2, -0.15) is 0 Å². The summed E-state index contributed by atoms with van der Waals surface area (Å²) in [6.07, 6.45) is 8.77. The molecular formula is C17H29N3O2. The van der Waals surface area contributed by atoms with E-state index in [1.54, 1.807) is 0 Å². The molecule has 0 spiro atoms. The summed E-state index contributed by atoms with van der Waals surface area (Å²) in [6, 6.07) is 0.193. The molecule has 3 saturated heterocycles. The molecule has 0 aromatic carbocycles. The summed E-state index contributed by atoms with van der Waals surface area (Å²) in [7, 11) is 0. The number of hydrogen-bond donors (Lipinski definition) is 0. The minimum absolute atomic E-state index is 0.140. The Kier molecular flexibility index (Phi) is 5.21. The van der Waals surface area contributed by atoms with E-state index in [4.69, 9.17) is 0 Å². The second kappa shape index (κ2) is 7.34. The number of carbonyl (C=O) groups excluding carboxylic acids is 2. The first kappa shape index (κ1) is 15.6. The first-order chi connectivity index (χ1) is 10.8. The van der Waals surface area contributed by atoms with Gasteiger partial charge < -0.3 is 14.7 Å². The van der Waals surface area contributed by atoms with Gasteiger partial charge in [0.05, 0.1) is 0 Å². The lowest BCUT2D eigenvalue weighted by Gasteiger charge is -2.35. The Morgan fingerprint density at radius 2 is 1.05 bits per heavy atom. The molecule has 0 atom stereocenters. The minimum atomic E-state index is 0.140. The fraction of sp³-hybridized carbons (Fsp3) is 0.882. The van der Waals surface area contributed by atoms with E-state index in [1.165, 1.54) is 12.8 Å². The van der Waals surface area contributed by atoms with Gasteiger partial charge in [-0.1, -0.05) is 12.8 Å². The second-order valence-electron chi connectivity index (χ2n) is 6.98. The molecule has 3 aliphatic heterocycles. The van der Waals surface area contributed by atoms with Gasteiger partial charge in [0, 0.05) is 45.2 Å². The topological polar surface area (TPSA) is 43.9 Å². The zero-order valence-electron chi connectivity index (χ0n) is 13.6. The number of rotatable bonds is 1. The summed E-state index contributed by atoms with van der Waals surface area (Å²) in [4.78, 5) is 31.0. The first-order valence-electron chi connectivity index (χ1n) is 9.08. The SMILES string of the molecule is O=C(C1CCN(C(=O)N2CCCC2)CC1)N1CCCCCC1. The largest absolute Gasteiger partial charge is 0.342 e. The van der Waals surface area contributed by atoms with Crippen molar-refractivity contribution < 1.29 is 9.59 Å². The number of piperidine rings is 1. The van der Waals surface area contributed by atoms with Crippen LogP contribution in [0.2, 0.25) is 0 Å². The maximum Gasteiger partial charge on any atom is 0.319 e. The third-order valence-corrected chi connectivity index (χ3v) is 5.41. The molecule has 5 nitrogen and oxygen atoms in total. The van der Waals surface area contributed by atoms with Crippen molar-refractivity contribution in [1.82, 2.24) is 14.7 Å². The van der Waals surface area contributed by atoms with Crippen LogP contribution < -0.4 is 0 Å². The smallest absolute Gasteiger partial charge is 0.319 e. The molecule has 0 aromatic rings. The Morgan fingerprint density at radius 3 is 1.64 bits per heavy atom. The van der Waals surface area contributed by atoms with Gasteiger partial charge in [-0.3, -0.25) is 4.79 Å². The van der Waals surface area contributed by atoms with E-state index in [9.17, 15) is 9.59 Å². The highest BCUT2D eigenvalue weighted by Crippen LogP contribution is 2.23. The van der Waals surface area contributed by atoms with Crippen molar-refractivity contribution in [2.24, 2.45) is 5.92 Å². The van der Waals surface area contributed by atoms with Gasteiger partial charge in [0.25, 0.3) is 0 Å². The summed E-state index contributed by atoms with van der Waals surface area (Å²) in [5, 5.41) is 0.